The van der Waals surface area contributed by atoms with Crippen LogP contribution < -0.4 is 4.74 Å². The number of Topliss-reactive ketones (excluding diaryl/α,β-unsaturated/α-hetero) is 1. The summed E-state index contributed by atoms with van der Waals surface area (Å²) in [6, 6.07) is 9.22. The summed E-state index contributed by atoms with van der Waals surface area (Å²) in [4.78, 5) is 31.4. The smallest absolute Gasteiger partial charge is 0.295 e. The van der Waals surface area contributed by atoms with Crippen LogP contribution in [0, 0.1) is 5.82 Å². The van der Waals surface area contributed by atoms with Crippen molar-refractivity contribution in [1.82, 2.24) is 14.5 Å². The van der Waals surface area contributed by atoms with Crippen molar-refractivity contribution in [3.05, 3.63) is 88.7 Å². The van der Waals surface area contributed by atoms with Crippen molar-refractivity contribution in [3.8, 4) is 5.75 Å². The number of likely N-dealkylation sites (tertiary alicyclic amines) is 1. The van der Waals surface area contributed by atoms with Gasteiger partial charge in [-0.25, -0.2) is 9.37 Å². The minimum absolute atomic E-state index is 0.0736. The monoisotopic (exact) mass is 469 g/mol. The zero-order valence-corrected chi connectivity index (χ0v) is 18.5. The van der Waals surface area contributed by atoms with Gasteiger partial charge in [0.15, 0.2) is 0 Å². The van der Waals surface area contributed by atoms with E-state index in [1.807, 2.05) is 4.57 Å². The zero-order valence-electron chi connectivity index (χ0n) is 17.7. The molecule has 1 aliphatic heterocycles. The minimum atomic E-state index is -0.866. The molecular formula is C24H21ClFN3O4. The number of aryl methyl sites for hydroxylation is 1. The highest BCUT2D eigenvalue weighted by Gasteiger charge is 2.45. The van der Waals surface area contributed by atoms with E-state index in [4.69, 9.17) is 16.3 Å². The summed E-state index contributed by atoms with van der Waals surface area (Å²) in [7, 11) is 1.46. The summed E-state index contributed by atoms with van der Waals surface area (Å²) in [5.74, 6) is -1.93. The number of aliphatic hydroxyl groups is 1. The number of hydrogen-bond acceptors (Lipinski definition) is 5. The van der Waals surface area contributed by atoms with Gasteiger partial charge >= 0.3 is 0 Å². The van der Waals surface area contributed by atoms with Gasteiger partial charge in [0, 0.05) is 31.0 Å². The van der Waals surface area contributed by atoms with Gasteiger partial charge in [-0.05, 0) is 42.3 Å². The first kappa shape index (κ1) is 22.5. The van der Waals surface area contributed by atoms with E-state index in [9.17, 15) is 19.1 Å². The fourth-order valence-corrected chi connectivity index (χ4v) is 4.17. The maximum atomic E-state index is 13.6. The van der Waals surface area contributed by atoms with Gasteiger partial charge in [0.25, 0.3) is 11.7 Å². The lowest BCUT2D eigenvalue weighted by molar-refractivity contribution is -0.139. The number of ketones is 1. The summed E-state index contributed by atoms with van der Waals surface area (Å²) in [6.07, 6.45) is 5.68. The summed E-state index contributed by atoms with van der Waals surface area (Å²) >= 11 is 6.19. The summed E-state index contributed by atoms with van der Waals surface area (Å²) in [5, 5.41) is 11.3. The van der Waals surface area contributed by atoms with Crippen LogP contribution in [0.4, 0.5) is 4.39 Å². The quantitative estimate of drug-likeness (QED) is 0.318. The minimum Gasteiger partial charge on any atom is -0.507 e. The molecule has 0 spiro atoms. The molecule has 4 rings (SSSR count). The second kappa shape index (κ2) is 9.46. The van der Waals surface area contributed by atoms with E-state index in [1.165, 1.54) is 42.3 Å². The number of halogens is 2. The normalized spacial score (nSPS) is 17.5. The zero-order chi connectivity index (χ0) is 23.5. The van der Waals surface area contributed by atoms with Crippen LogP contribution in [0.2, 0.25) is 5.02 Å². The van der Waals surface area contributed by atoms with E-state index >= 15 is 0 Å². The third-order valence-corrected chi connectivity index (χ3v) is 5.82. The predicted octanol–water partition coefficient (Wildman–Crippen LogP) is 4.20. The Morgan fingerprint density at radius 1 is 1.18 bits per heavy atom. The molecule has 7 nitrogen and oxygen atoms in total. The highest BCUT2D eigenvalue weighted by molar-refractivity contribution is 6.46. The maximum Gasteiger partial charge on any atom is 0.295 e. The molecular weight excluding hydrogens is 449 g/mol. The van der Waals surface area contributed by atoms with Crippen molar-refractivity contribution in [3.63, 3.8) is 0 Å². The molecule has 1 amide bonds. The molecule has 1 N–H and O–H groups in total. The summed E-state index contributed by atoms with van der Waals surface area (Å²) in [6.45, 7) is 0.845. The van der Waals surface area contributed by atoms with E-state index in [-0.39, 0.29) is 28.5 Å². The van der Waals surface area contributed by atoms with Crippen molar-refractivity contribution in [1.29, 1.82) is 0 Å². The van der Waals surface area contributed by atoms with E-state index < -0.39 is 23.5 Å². The molecule has 1 atom stereocenters. The molecule has 0 saturated carbocycles. The number of rotatable bonds is 7. The Morgan fingerprint density at radius 2 is 1.94 bits per heavy atom. The molecule has 1 aliphatic rings. The van der Waals surface area contributed by atoms with Gasteiger partial charge in [-0.1, -0.05) is 23.7 Å². The average molecular weight is 470 g/mol. The number of carbonyl (C=O) groups excluding carboxylic acids is 2. The number of aromatic nitrogens is 2. The van der Waals surface area contributed by atoms with Gasteiger partial charge in [0.05, 0.1) is 30.1 Å². The van der Waals surface area contributed by atoms with Crippen LogP contribution in [0.1, 0.15) is 23.6 Å². The Balaban J connectivity index is 1.74. The first-order valence-electron chi connectivity index (χ1n) is 10.2. The molecule has 9 heteroatoms. The van der Waals surface area contributed by atoms with E-state index in [0.717, 1.165) is 0 Å². The molecule has 2 heterocycles. The number of nitrogens with zero attached hydrogens (tertiary/aromatic N) is 3. The third-order valence-electron chi connectivity index (χ3n) is 5.53. The SMILES string of the molecule is COc1ccc(C(O)=C2C(=O)C(=O)N(CCCn3ccnc3)[C@@H]2c2ccc(F)cc2)cc1Cl. The molecule has 0 aliphatic carbocycles. The lowest BCUT2D eigenvalue weighted by Gasteiger charge is -2.25. The maximum absolute atomic E-state index is 13.6. The molecule has 0 radical (unpaired) electrons. The van der Waals surface area contributed by atoms with E-state index in [2.05, 4.69) is 4.98 Å². The van der Waals surface area contributed by atoms with Crippen molar-refractivity contribution in [2.75, 3.05) is 13.7 Å². The molecule has 1 aromatic heterocycles. The van der Waals surface area contributed by atoms with Gasteiger partial charge < -0.3 is 19.3 Å². The Labute approximate surface area is 194 Å². The van der Waals surface area contributed by atoms with Crippen molar-refractivity contribution in [2.45, 2.75) is 19.0 Å². The van der Waals surface area contributed by atoms with Crippen molar-refractivity contribution >= 4 is 29.1 Å². The number of imidazole rings is 1. The highest BCUT2D eigenvalue weighted by atomic mass is 35.5. The van der Waals surface area contributed by atoms with Gasteiger partial charge in [-0.3, -0.25) is 9.59 Å². The number of amides is 1. The summed E-state index contributed by atoms with van der Waals surface area (Å²) < 4.78 is 20.6. The number of carbonyl (C=O) groups is 2. The Morgan fingerprint density at radius 3 is 2.58 bits per heavy atom. The van der Waals surface area contributed by atoms with Crippen LogP contribution in [0.5, 0.6) is 5.75 Å². The van der Waals surface area contributed by atoms with Gasteiger partial charge in [-0.2, -0.15) is 0 Å². The molecule has 2 aromatic carbocycles. The van der Waals surface area contributed by atoms with Gasteiger partial charge in [0.1, 0.15) is 17.3 Å². The standard InChI is InChI=1S/C24H21ClFN3O4/c1-33-19-8-5-16(13-18(19)25)22(30)20-21(15-3-6-17(26)7-4-15)29(24(32)23(20)31)11-2-10-28-12-9-27-14-28/h3-9,12-14,21,30H,2,10-11H2,1H3/t21-/m1/s1. The molecule has 0 unspecified atom stereocenters. The lowest BCUT2D eigenvalue weighted by atomic mass is 9.95. The fourth-order valence-electron chi connectivity index (χ4n) is 3.91. The van der Waals surface area contributed by atoms with Crippen molar-refractivity contribution in [2.24, 2.45) is 0 Å². The van der Waals surface area contributed by atoms with Crippen LogP contribution >= 0.6 is 11.6 Å². The molecule has 3 aromatic rings. The molecule has 0 bridgehead atoms. The second-order valence-corrected chi connectivity index (χ2v) is 7.95. The number of benzene rings is 2. The van der Waals surface area contributed by atoms with Crippen LogP contribution in [-0.2, 0) is 16.1 Å². The Kier molecular flexibility index (Phi) is 6.46. The largest absolute Gasteiger partial charge is 0.507 e. The first-order chi connectivity index (χ1) is 15.9. The second-order valence-electron chi connectivity index (χ2n) is 7.55. The van der Waals surface area contributed by atoms with Crippen LogP contribution in [0.15, 0.2) is 66.8 Å². The molecule has 1 fully saturated rings. The van der Waals surface area contributed by atoms with Gasteiger partial charge in [-0.15, -0.1) is 0 Å². The van der Waals surface area contributed by atoms with Crippen LogP contribution in [0.25, 0.3) is 5.76 Å². The number of hydrogen-bond donors (Lipinski definition) is 1. The van der Waals surface area contributed by atoms with E-state index in [0.29, 0.717) is 24.3 Å². The number of aliphatic hydroxyl groups excluding tert-OH is 1. The van der Waals surface area contributed by atoms with Gasteiger partial charge in [0.2, 0.25) is 0 Å². The molecule has 170 valence electrons. The number of methoxy groups -OCH3 is 1. The average Bonchev–Trinajstić information content (AvgIpc) is 3.41. The van der Waals surface area contributed by atoms with Crippen LogP contribution in [-0.4, -0.2) is 44.9 Å². The Hall–Kier alpha value is -3.65. The molecule has 1 saturated heterocycles. The predicted molar refractivity (Wildman–Crippen MR) is 120 cm³/mol. The topological polar surface area (TPSA) is 84.7 Å². The van der Waals surface area contributed by atoms with Crippen molar-refractivity contribution < 1.29 is 23.8 Å². The number of ether oxygens (including phenoxy) is 1. The fraction of sp³-hybridized carbons (Fsp3) is 0.208. The highest BCUT2D eigenvalue weighted by Crippen LogP contribution is 2.40. The van der Waals surface area contributed by atoms with Crippen LogP contribution in [0.3, 0.4) is 0 Å². The molecule has 33 heavy (non-hydrogen) atoms. The third kappa shape index (κ3) is 4.47. The first-order valence-corrected chi connectivity index (χ1v) is 10.6. The van der Waals surface area contributed by atoms with E-state index in [1.54, 1.807) is 30.9 Å². The lowest BCUT2D eigenvalue weighted by Crippen LogP contribution is -2.31. The Bertz CT molecular complexity index is 1210. The summed E-state index contributed by atoms with van der Waals surface area (Å²) in [5.41, 5.74) is 0.708.